The van der Waals surface area contributed by atoms with Crippen molar-refractivity contribution in [2.24, 2.45) is 0 Å². The highest BCUT2D eigenvalue weighted by Gasteiger charge is 2.34. The summed E-state index contributed by atoms with van der Waals surface area (Å²) in [5, 5.41) is 1.96. The van der Waals surface area contributed by atoms with Crippen molar-refractivity contribution >= 4 is 23.3 Å². The van der Waals surface area contributed by atoms with Gasteiger partial charge in [0.2, 0.25) is 0 Å². The number of carbonyl (C=O) groups is 1. The van der Waals surface area contributed by atoms with Gasteiger partial charge in [-0.15, -0.1) is 0 Å². The third kappa shape index (κ3) is 3.26. The molecule has 94 valence electrons. The predicted molar refractivity (Wildman–Crippen MR) is 59.2 cm³/mol. The molecule has 1 aromatic rings. The van der Waals surface area contributed by atoms with Crippen LogP contribution in [-0.2, 0) is 6.18 Å². The van der Waals surface area contributed by atoms with Gasteiger partial charge >= 0.3 is 12.2 Å². The Kier molecular flexibility index (Phi) is 3.87. The molecule has 0 saturated carbocycles. The number of anilines is 1. The van der Waals surface area contributed by atoms with Crippen molar-refractivity contribution in [1.82, 2.24) is 4.90 Å². The smallest absolute Gasteiger partial charge is 0.331 e. The lowest BCUT2D eigenvalue weighted by atomic mass is 10.1. The minimum atomic E-state index is -4.57. The summed E-state index contributed by atoms with van der Waals surface area (Å²) in [6.07, 6.45) is -4.57. The van der Waals surface area contributed by atoms with E-state index in [1.54, 1.807) is 0 Å². The number of amides is 2. The Morgan fingerprint density at radius 1 is 1.35 bits per heavy atom. The second-order valence-electron chi connectivity index (χ2n) is 3.48. The van der Waals surface area contributed by atoms with Gasteiger partial charge < -0.3 is 10.2 Å². The minimum Gasteiger partial charge on any atom is -0.331 e. The molecule has 0 atom stereocenters. The molecule has 0 aliphatic carbocycles. The predicted octanol–water partition coefficient (Wildman–Crippen LogP) is 3.45. The van der Waals surface area contributed by atoms with Crippen molar-refractivity contribution in [2.45, 2.75) is 6.18 Å². The second kappa shape index (κ2) is 4.83. The molecule has 0 aliphatic heterocycles. The molecule has 0 bridgehead atoms. The van der Waals surface area contributed by atoms with Gasteiger partial charge in [0.1, 0.15) is 0 Å². The topological polar surface area (TPSA) is 32.3 Å². The molecule has 17 heavy (non-hydrogen) atoms. The standard InChI is InChI=1S/C10H10ClF3N2O/c1-16(2)9(17)15-8-6(10(12,13)14)4-3-5-7(8)11/h3-5H,1-2H3,(H,15,17). The quantitative estimate of drug-likeness (QED) is 0.830. The number of hydrogen-bond donors (Lipinski definition) is 1. The highest BCUT2D eigenvalue weighted by atomic mass is 35.5. The number of para-hydroxylation sites is 1. The fourth-order valence-corrected chi connectivity index (χ4v) is 1.33. The van der Waals surface area contributed by atoms with E-state index < -0.39 is 23.5 Å². The van der Waals surface area contributed by atoms with Gasteiger partial charge in [0, 0.05) is 14.1 Å². The minimum absolute atomic E-state index is 0.157. The molecular formula is C10H10ClF3N2O. The van der Waals surface area contributed by atoms with Crippen LogP contribution in [0.15, 0.2) is 18.2 Å². The SMILES string of the molecule is CN(C)C(=O)Nc1c(Cl)cccc1C(F)(F)F. The molecule has 0 fully saturated rings. The van der Waals surface area contributed by atoms with Crippen LogP contribution < -0.4 is 5.32 Å². The Morgan fingerprint density at radius 2 is 1.94 bits per heavy atom. The van der Waals surface area contributed by atoms with Crippen LogP contribution in [0.1, 0.15) is 5.56 Å². The molecule has 1 rings (SSSR count). The summed E-state index contributed by atoms with van der Waals surface area (Å²) >= 11 is 5.65. The first kappa shape index (κ1) is 13.6. The van der Waals surface area contributed by atoms with E-state index in [0.29, 0.717) is 0 Å². The Morgan fingerprint density at radius 3 is 2.41 bits per heavy atom. The first-order valence-corrected chi connectivity index (χ1v) is 4.95. The molecule has 0 unspecified atom stereocenters. The molecule has 7 heteroatoms. The van der Waals surface area contributed by atoms with Gasteiger partial charge in [-0.1, -0.05) is 17.7 Å². The number of nitrogens with zero attached hydrogens (tertiary/aromatic N) is 1. The van der Waals surface area contributed by atoms with Crippen molar-refractivity contribution in [3.05, 3.63) is 28.8 Å². The van der Waals surface area contributed by atoms with E-state index in [1.807, 2.05) is 0 Å². The highest BCUT2D eigenvalue weighted by Crippen LogP contribution is 2.38. The number of halogens is 4. The number of urea groups is 1. The first-order valence-electron chi connectivity index (χ1n) is 4.57. The summed E-state index contributed by atoms with van der Waals surface area (Å²) in [5.74, 6) is 0. The second-order valence-corrected chi connectivity index (χ2v) is 3.89. The summed E-state index contributed by atoms with van der Waals surface area (Å²) in [4.78, 5) is 12.4. The van der Waals surface area contributed by atoms with Gasteiger partial charge in [0.15, 0.2) is 0 Å². The molecule has 0 saturated heterocycles. The van der Waals surface area contributed by atoms with E-state index in [4.69, 9.17) is 11.6 Å². The van der Waals surface area contributed by atoms with Gasteiger partial charge in [-0.05, 0) is 12.1 Å². The van der Waals surface area contributed by atoms with Gasteiger partial charge in [0.25, 0.3) is 0 Å². The molecule has 0 spiro atoms. The van der Waals surface area contributed by atoms with Gasteiger partial charge in [-0.2, -0.15) is 13.2 Å². The van der Waals surface area contributed by atoms with Gasteiger partial charge in [0.05, 0.1) is 16.3 Å². The van der Waals surface area contributed by atoms with Crippen LogP contribution in [0, 0.1) is 0 Å². The van der Waals surface area contributed by atoms with E-state index in [-0.39, 0.29) is 5.02 Å². The number of benzene rings is 1. The van der Waals surface area contributed by atoms with Crippen molar-refractivity contribution in [3.63, 3.8) is 0 Å². The van der Waals surface area contributed by atoms with Crippen molar-refractivity contribution in [3.8, 4) is 0 Å². The number of rotatable bonds is 1. The molecule has 0 aromatic heterocycles. The maximum atomic E-state index is 12.7. The van der Waals surface area contributed by atoms with E-state index >= 15 is 0 Å². The van der Waals surface area contributed by atoms with Gasteiger partial charge in [-0.25, -0.2) is 4.79 Å². The Labute approximate surface area is 101 Å². The molecule has 1 N–H and O–H groups in total. The molecule has 3 nitrogen and oxygen atoms in total. The van der Waals surface area contributed by atoms with Crippen LogP contribution in [-0.4, -0.2) is 25.0 Å². The van der Waals surface area contributed by atoms with Crippen molar-refractivity contribution < 1.29 is 18.0 Å². The van der Waals surface area contributed by atoms with Crippen LogP contribution >= 0.6 is 11.6 Å². The zero-order valence-electron chi connectivity index (χ0n) is 9.10. The van der Waals surface area contributed by atoms with E-state index in [2.05, 4.69) is 5.32 Å². The zero-order chi connectivity index (χ0) is 13.2. The Balaban J connectivity index is 3.18. The molecule has 0 radical (unpaired) electrons. The van der Waals surface area contributed by atoms with Crippen molar-refractivity contribution in [2.75, 3.05) is 19.4 Å². The summed E-state index contributed by atoms with van der Waals surface area (Å²) in [6, 6.07) is 2.64. The maximum absolute atomic E-state index is 12.7. The van der Waals surface area contributed by atoms with Crippen LogP contribution in [0.2, 0.25) is 5.02 Å². The van der Waals surface area contributed by atoms with Crippen LogP contribution in [0.3, 0.4) is 0 Å². The summed E-state index contributed by atoms with van der Waals surface area (Å²) < 4.78 is 38.0. The summed E-state index contributed by atoms with van der Waals surface area (Å²) in [7, 11) is 2.83. The number of hydrogen-bond acceptors (Lipinski definition) is 1. The average Bonchev–Trinajstić information content (AvgIpc) is 2.18. The fourth-order valence-electron chi connectivity index (χ4n) is 1.11. The van der Waals surface area contributed by atoms with E-state index in [9.17, 15) is 18.0 Å². The third-order valence-corrected chi connectivity index (χ3v) is 2.27. The van der Waals surface area contributed by atoms with Gasteiger partial charge in [-0.3, -0.25) is 0 Å². The Bertz CT molecular complexity index is 432. The lowest BCUT2D eigenvalue weighted by Gasteiger charge is -2.17. The van der Waals surface area contributed by atoms with Crippen LogP contribution in [0.25, 0.3) is 0 Å². The van der Waals surface area contributed by atoms with Crippen LogP contribution in [0.4, 0.5) is 23.7 Å². The first-order chi connectivity index (χ1) is 7.73. The molecule has 0 aliphatic rings. The van der Waals surface area contributed by atoms with Crippen LogP contribution in [0.5, 0.6) is 0 Å². The summed E-state index contributed by atoms with van der Waals surface area (Å²) in [6.45, 7) is 0. The molecule has 1 aromatic carbocycles. The normalized spacial score (nSPS) is 11.2. The zero-order valence-corrected chi connectivity index (χ0v) is 9.86. The summed E-state index contributed by atoms with van der Waals surface area (Å²) in [5.41, 5.74) is -1.40. The van der Waals surface area contributed by atoms with E-state index in [1.165, 1.54) is 26.2 Å². The lowest BCUT2D eigenvalue weighted by molar-refractivity contribution is -0.136. The molecule has 2 amide bonds. The fraction of sp³-hybridized carbons (Fsp3) is 0.300. The number of nitrogens with one attached hydrogen (secondary N) is 1. The lowest BCUT2D eigenvalue weighted by Crippen LogP contribution is -2.28. The largest absolute Gasteiger partial charge is 0.418 e. The average molecular weight is 267 g/mol. The number of carbonyl (C=O) groups excluding carboxylic acids is 1. The highest BCUT2D eigenvalue weighted by molar-refractivity contribution is 6.33. The number of alkyl halides is 3. The van der Waals surface area contributed by atoms with Crippen molar-refractivity contribution in [1.29, 1.82) is 0 Å². The molecular weight excluding hydrogens is 257 g/mol. The maximum Gasteiger partial charge on any atom is 0.418 e. The van der Waals surface area contributed by atoms with E-state index in [0.717, 1.165) is 11.0 Å². The monoisotopic (exact) mass is 266 g/mol. The molecule has 0 heterocycles. The third-order valence-electron chi connectivity index (χ3n) is 1.96. The Hall–Kier alpha value is -1.43.